The molecule has 46 heavy (non-hydrogen) atoms. The van der Waals surface area contributed by atoms with E-state index in [0.29, 0.717) is 0 Å². The normalized spacial score (nSPS) is 15.7. The molecule has 0 N–H and O–H groups in total. The Bertz CT molecular complexity index is 1700. The second kappa shape index (κ2) is 15.0. The number of hydrogen-bond donors (Lipinski definition) is 0. The second-order valence-corrected chi connectivity index (χ2v) is 12.3. The molecule has 0 heterocycles. The van der Waals surface area contributed by atoms with E-state index in [1.54, 1.807) is 0 Å². The summed E-state index contributed by atoms with van der Waals surface area (Å²) in [5.41, 5.74) is 9.54. The van der Waals surface area contributed by atoms with Crippen LogP contribution in [0.2, 0.25) is 0 Å². The lowest BCUT2D eigenvalue weighted by molar-refractivity contribution is 0.543. The van der Waals surface area contributed by atoms with Gasteiger partial charge in [0.15, 0.2) is 0 Å². The zero-order valence-electron chi connectivity index (χ0n) is 27.4. The van der Waals surface area contributed by atoms with Gasteiger partial charge in [-0.25, -0.2) is 0 Å². The Morgan fingerprint density at radius 3 is 1.48 bits per heavy atom. The number of benzene rings is 5. The van der Waals surface area contributed by atoms with Crippen molar-refractivity contribution in [1.82, 2.24) is 0 Å². The smallest absolute Gasteiger partial charge is 0.0924 e. The molecule has 0 amide bonds. The lowest BCUT2D eigenvalue weighted by Gasteiger charge is -2.46. The molecule has 0 fully saturated rings. The van der Waals surface area contributed by atoms with Crippen LogP contribution in [0.15, 0.2) is 163 Å². The molecule has 232 valence electrons. The minimum absolute atomic E-state index is 0.413. The molecule has 5 aromatic rings. The van der Waals surface area contributed by atoms with Crippen LogP contribution in [0.5, 0.6) is 0 Å². The number of anilines is 4. The Labute approximate surface area is 276 Å². The highest BCUT2D eigenvalue weighted by Crippen LogP contribution is 2.46. The van der Waals surface area contributed by atoms with Crippen LogP contribution in [0.3, 0.4) is 0 Å². The van der Waals surface area contributed by atoms with Crippen LogP contribution in [-0.4, -0.2) is 0 Å². The first-order valence-corrected chi connectivity index (χ1v) is 17.0. The van der Waals surface area contributed by atoms with Crippen LogP contribution in [0.25, 0.3) is 0 Å². The van der Waals surface area contributed by atoms with Crippen LogP contribution in [-0.2, 0) is 18.4 Å². The van der Waals surface area contributed by atoms with E-state index in [-0.39, 0.29) is 0 Å². The maximum absolute atomic E-state index is 2.53. The van der Waals surface area contributed by atoms with E-state index in [0.717, 1.165) is 24.9 Å². The first-order valence-electron chi connectivity index (χ1n) is 17.0. The Morgan fingerprint density at radius 2 is 0.978 bits per heavy atom. The number of nitrogens with zero attached hydrogens (tertiary/aromatic N) is 2. The summed E-state index contributed by atoms with van der Waals surface area (Å²) in [5.74, 6) is 0. The van der Waals surface area contributed by atoms with Gasteiger partial charge in [0.1, 0.15) is 0 Å². The topological polar surface area (TPSA) is 6.48 Å². The van der Waals surface area contributed by atoms with Crippen molar-refractivity contribution < 1.29 is 0 Å². The van der Waals surface area contributed by atoms with Crippen molar-refractivity contribution in [2.45, 2.75) is 64.3 Å². The molecule has 2 heteroatoms. The van der Waals surface area contributed by atoms with E-state index < -0.39 is 5.54 Å². The largest absolute Gasteiger partial charge is 0.327 e. The van der Waals surface area contributed by atoms with Crippen molar-refractivity contribution in [2.24, 2.45) is 0 Å². The molecule has 0 saturated heterocycles. The van der Waals surface area contributed by atoms with Gasteiger partial charge in [0.25, 0.3) is 0 Å². The number of hydrogen-bond acceptors (Lipinski definition) is 2. The monoisotopic (exact) mass is 602 g/mol. The van der Waals surface area contributed by atoms with Gasteiger partial charge in [-0.1, -0.05) is 130 Å². The number of unbranched alkanes of at least 4 members (excludes halogenated alkanes) is 2. The maximum atomic E-state index is 2.53. The Balaban J connectivity index is 1.43. The van der Waals surface area contributed by atoms with Gasteiger partial charge in [-0.05, 0) is 103 Å². The third-order valence-corrected chi connectivity index (χ3v) is 9.14. The predicted molar refractivity (Wildman–Crippen MR) is 197 cm³/mol. The Kier molecular flexibility index (Phi) is 10.1. The molecular weight excluding hydrogens is 556 g/mol. The van der Waals surface area contributed by atoms with Crippen molar-refractivity contribution in [3.05, 3.63) is 180 Å². The van der Waals surface area contributed by atoms with Crippen molar-refractivity contribution in [3.63, 3.8) is 0 Å². The van der Waals surface area contributed by atoms with Crippen LogP contribution < -0.4 is 9.80 Å². The molecular formula is C44H46N2. The van der Waals surface area contributed by atoms with Gasteiger partial charge in [0.2, 0.25) is 0 Å². The van der Waals surface area contributed by atoms with Crippen molar-refractivity contribution >= 4 is 22.7 Å². The number of aryl methyl sites for hydroxylation is 2. The van der Waals surface area contributed by atoms with E-state index in [9.17, 15) is 0 Å². The first-order chi connectivity index (χ1) is 22.7. The van der Waals surface area contributed by atoms with Gasteiger partial charge in [-0.2, -0.15) is 0 Å². The fourth-order valence-corrected chi connectivity index (χ4v) is 6.62. The van der Waals surface area contributed by atoms with Gasteiger partial charge < -0.3 is 9.80 Å². The van der Waals surface area contributed by atoms with Gasteiger partial charge >= 0.3 is 0 Å². The molecule has 1 aliphatic rings. The third-order valence-electron chi connectivity index (χ3n) is 9.14. The number of allylic oxidation sites excluding steroid dienone is 1. The molecule has 6 rings (SSSR count). The summed E-state index contributed by atoms with van der Waals surface area (Å²) in [5, 5.41) is 0. The highest BCUT2D eigenvalue weighted by molar-refractivity contribution is 5.73. The fraction of sp³-hybridized carbons (Fsp3) is 0.227. The van der Waals surface area contributed by atoms with Gasteiger partial charge in [0.05, 0.1) is 5.54 Å². The third kappa shape index (κ3) is 6.87. The predicted octanol–water partition coefficient (Wildman–Crippen LogP) is 12.1. The molecule has 1 unspecified atom stereocenters. The lowest BCUT2D eigenvalue weighted by Crippen LogP contribution is -2.43. The second-order valence-electron chi connectivity index (χ2n) is 12.3. The molecule has 0 bridgehead atoms. The van der Waals surface area contributed by atoms with Crippen molar-refractivity contribution in [3.8, 4) is 0 Å². The van der Waals surface area contributed by atoms with E-state index >= 15 is 0 Å². The average Bonchev–Trinajstić information content (AvgIpc) is 3.13. The van der Waals surface area contributed by atoms with Gasteiger partial charge in [-0.15, -0.1) is 0 Å². The molecule has 0 spiro atoms. The van der Waals surface area contributed by atoms with E-state index in [4.69, 9.17) is 0 Å². The zero-order valence-corrected chi connectivity index (χ0v) is 27.4. The quantitative estimate of drug-likeness (QED) is 0.132. The molecule has 1 aliphatic carbocycles. The summed E-state index contributed by atoms with van der Waals surface area (Å²) in [6.07, 6.45) is 15.1. The fourth-order valence-electron chi connectivity index (χ4n) is 6.62. The number of para-hydroxylation sites is 2. The highest BCUT2D eigenvalue weighted by Gasteiger charge is 2.39. The molecule has 0 saturated carbocycles. The summed E-state index contributed by atoms with van der Waals surface area (Å²) >= 11 is 0. The molecule has 0 aliphatic heterocycles. The number of rotatable bonds is 13. The standard InChI is InChI=1S/C44H46N2/c1-3-5-16-36-24-28-40(29-25-36)45(39-20-12-8-13-21-39)41-32-34-44(35-33-41,38-18-10-7-11-19-38)46(42-22-14-9-15-23-42)43-30-26-37(27-31-43)17-6-4-2/h7-15,18-34H,3-6,16-17,35H2,1-2H3. The summed E-state index contributed by atoms with van der Waals surface area (Å²) in [7, 11) is 0. The molecule has 5 aromatic carbocycles. The van der Waals surface area contributed by atoms with Crippen molar-refractivity contribution in [2.75, 3.05) is 9.80 Å². The average molecular weight is 603 g/mol. The SMILES string of the molecule is CCCCc1ccc(N(C2=CCC(c3ccccc3)(N(c3ccccc3)c3ccc(CCCC)cc3)C=C2)c2ccccc2)cc1. The minimum Gasteiger partial charge on any atom is -0.327 e. The maximum Gasteiger partial charge on any atom is 0.0924 e. The van der Waals surface area contributed by atoms with Gasteiger partial charge in [0, 0.05) is 28.4 Å². The van der Waals surface area contributed by atoms with E-state index in [1.807, 2.05) is 0 Å². The van der Waals surface area contributed by atoms with Gasteiger partial charge in [-0.3, -0.25) is 0 Å². The zero-order chi connectivity index (χ0) is 31.6. The van der Waals surface area contributed by atoms with Crippen LogP contribution in [0, 0.1) is 0 Å². The summed E-state index contributed by atoms with van der Waals surface area (Å²) < 4.78 is 0. The highest BCUT2D eigenvalue weighted by atomic mass is 15.2. The lowest BCUT2D eigenvalue weighted by atomic mass is 9.80. The molecule has 0 radical (unpaired) electrons. The summed E-state index contributed by atoms with van der Waals surface area (Å²) in [4.78, 5) is 4.93. The Morgan fingerprint density at radius 1 is 0.522 bits per heavy atom. The summed E-state index contributed by atoms with van der Waals surface area (Å²) in [6, 6.07) is 51.0. The van der Waals surface area contributed by atoms with Crippen molar-refractivity contribution in [1.29, 1.82) is 0 Å². The van der Waals surface area contributed by atoms with E-state index in [2.05, 4.69) is 181 Å². The van der Waals surface area contributed by atoms with Crippen LogP contribution >= 0.6 is 0 Å². The first kappa shape index (κ1) is 31.2. The molecule has 1 atom stereocenters. The minimum atomic E-state index is -0.413. The summed E-state index contributed by atoms with van der Waals surface area (Å²) in [6.45, 7) is 4.51. The molecule has 2 nitrogen and oxygen atoms in total. The van der Waals surface area contributed by atoms with Crippen LogP contribution in [0.4, 0.5) is 22.7 Å². The molecule has 0 aromatic heterocycles. The Hall–Kier alpha value is -4.82. The van der Waals surface area contributed by atoms with E-state index in [1.165, 1.54) is 65.1 Å². The van der Waals surface area contributed by atoms with Crippen LogP contribution in [0.1, 0.15) is 62.6 Å².